The van der Waals surface area contributed by atoms with Gasteiger partial charge < -0.3 is 9.32 Å². The molecule has 0 bridgehead atoms. The molecule has 56 heavy (non-hydrogen) atoms. The molecular weight excluding hydrogens is 685 g/mol. The second-order valence-electron chi connectivity index (χ2n) is 14.4. The molecule has 3 heterocycles. The van der Waals surface area contributed by atoms with Gasteiger partial charge in [-0.3, -0.25) is 0 Å². The summed E-state index contributed by atoms with van der Waals surface area (Å²) in [5, 5.41) is 9.10. The number of aromatic nitrogens is 3. The highest BCUT2D eigenvalue weighted by atomic mass is 16.3. The van der Waals surface area contributed by atoms with Crippen molar-refractivity contribution >= 4 is 71.3 Å². The molecule has 0 saturated carbocycles. The molecule has 0 radical (unpaired) electrons. The van der Waals surface area contributed by atoms with E-state index in [1.807, 2.05) is 48.5 Å². The molecule has 0 unspecified atom stereocenters. The minimum absolute atomic E-state index is 0.600. The maximum Gasteiger partial charge on any atom is 0.164 e. The summed E-state index contributed by atoms with van der Waals surface area (Å²) in [5.41, 5.74) is 10.2. The highest BCUT2D eigenvalue weighted by Gasteiger charge is 2.29. The molecule has 0 aliphatic carbocycles. The Labute approximate surface area is 321 Å². The van der Waals surface area contributed by atoms with Gasteiger partial charge in [0, 0.05) is 49.5 Å². The van der Waals surface area contributed by atoms with E-state index in [-0.39, 0.29) is 0 Å². The Balaban J connectivity index is 1.14. The van der Waals surface area contributed by atoms with Crippen LogP contribution in [0.1, 0.15) is 0 Å². The molecule has 12 rings (SSSR count). The van der Waals surface area contributed by atoms with Crippen molar-refractivity contribution in [3.63, 3.8) is 0 Å². The second-order valence-corrected chi connectivity index (χ2v) is 14.4. The third kappa shape index (κ3) is 4.64. The first-order valence-corrected chi connectivity index (χ1v) is 18.9. The number of hydrogen-bond acceptors (Lipinski definition) is 5. The lowest BCUT2D eigenvalue weighted by atomic mass is 9.88. The molecule has 0 saturated heterocycles. The molecule has 9 aromatic carbocycles. The number of para-hydroxylation sites is 1. The van der Waals surface area contributed by atoms with Crippen LogP contribution in [0, 0.1) is 0 Å². The third-order valence-corrected chi connectivity index (χ3v) is 11.2. The molecule has 0 N–H and O–H groups in total. The van der Waals surface area contributed by atoms with Gasteiger partial charge in [-0.1, -0.05) is 140 Å². The summed E-state index contributed by atoms with van der Waals surface area (Å²) in [6.45, 7) is 0. The Bertz CT molecular complexity index is 3380. The van der Waals surface area contributed by atoms with Crippen molar-refractivity contribution in [3.05, 3.63) is 182 Å². The fraction of sp³-hybridized carbons (Fsp3) is 0. The summed E-state index contributed by atoms with van der Waals surface area (Å²) in [5.74, 6) is 1.83. The Kier molecular flexibility index (Phi) is 6.56. The maximum absolute atomic E-state index is 6.18. The minimum Gasteiger partial charge on any atom is -0.456 e. The molecule has 1 aliphatic heterocycles. The highest BCUT2D eigenvalue weighted by Crippen LogP contribution is 2.54. The van der Waals surface area contributed by atoms with Crippen molar-refractivity contribution in [2.45, 2.75) is 0 Å². The molecule has 5 nitrogen and oxygen atoms in total. The molecule has 11 aromatic rings. The van der Waals surface area contributed by atoms with Crippen LogP contribution in [0.2, 0.25) is 0 Å². The lowest BCUT2D eigenvalue weighted by molar-refractivity contribution is 0.669. The fourth-order valence-corrected chi connectivity index (χ4v) is 8.65. The van der Waals surface area contributed by atoms with Gasteiger partial charge in [0.1, 0.15) is 11.2 Å². The van der Waals surface area contributed by atoms with E-state index in [1.54, 1.807) is 0 Å². The first-order chi connectivity index (χ1) is 27.7. The number of rotatable bonds is 4. The van der Waals surface area contributed by atoms with Gasteiger partial charge in [0.15, 0.2) is 17.5 Å². The van der Waals surface area contributed by atoms with Crippen LogP contribution in [-0.2, 0) is 0 Å². The summed E-state index contributed by atoms with van der Waals surface area (Å²) >= 11 is 0. The first kappa shape index (κ1) is 30.8. The summed E-state index contributed by atoms with van der Waals surface area (Å²) in [7, 11) is 0. The predicted octanol–water partition coefficient (Wildman–Crippen LogP) is 13.7. The van der Waals surface area contributed by atoms with Crippen LogP contribution in [0.4, 0.5) is 17.1 Å². The van der Waals surface area contributed by atoms with Crippen LogP contribution in [0.15, 0.2) is 186 Å². The van der Waals surface area contributed by atoms with Gasteiger partial charge in [-0.25, -0.2) is 15.0 Å². The predicted molar refractivity (Wildman–Crippen MR) is 230 cm³/mol. The average molecular weight is 715 g/mol. The largest absolute Gasteiger partial charge is 0.456 e. The normalized spacial score (nSPS) is 12.2. The van der Waals surface area contributed by atoms with E-state index in [4.69, 9.17) is 19.4 Å². The van der Waals surface area contributed by atoms with Crippen molar-refractivity contribution in [3.8, 4) is 45.3 Å². The van der Waals surface area contributed by atoms with Gasteiger partial charge >= 0.3 is 0 Å². The van der Waals surface area contributed by atoms with Crippen LogP contribution in [0.5, 0.6) is 0 Å². The number of nitrogens with zero attached hydrogens (tertiary/aromatic N) is 4. The summed E-state index contributed by atoms with van der Waals surface area (Å²) in [6.07, 6.45) is 0. The zero-order valence-corrected chi connectivity index (χ0v) is 30.0. The number of anilines is 3. The summed E-state index contributed by atoms with van der Waals surface area (Å²) in [6, 6.07) is 64.1. The molecule has 0 spiro atoms. The van der Waals surface area contributed by atoms with Gasteiger partial charge in [-0.05, 0) is 69.6 Å². The number of furan rings is 1. The summed E-state index contributed by atoms with van der Waals surface area (Å²) < 4.78 is 6.18. The Morgan fingerprint density at radius 2 is 1.05 bits per heavy atom. The standard InChI is InChI=1S/C51H30N4O/c1-2-13-33(14-3-1)49-52-50(35-25-27-46-42(29-35)39-20-8-9-23-45(39)56-46)54-51(53-49)43-30-36(28-34-15-5-6-18-37(34)43)55-44-22-11-17-32-16-10-21-40(47(32)44)41-26-24-31-12-4-7-19-38(31)48(41)55/h1-30H. The fourth-order valence-electron chi connectivity index (χ4n) is 8.65. The highest BCUT2D eigenvalue weighted by molar-refractivity contribution is 6.19. The van der Waals surface area contributed by atoms with Crippen molar-refractivity contribution < 1.29 is 4.42 Å². The van der Waals surface area contributed by atoms with Crippen LogP contribution < -0.4 is 4.90 Å². The Morgan fingerprint density at radius 3 is 1.93 bits per heavy atom. The van der Waals surface area contributed by atoms with E-state index in [1.165, 1.54) is 32.7 Å². The maximum atomic E-state index is 6.18. The van der Waals surface area contributed by atoms with E-state index >= 15 is 0 Å². The van der Waals surface area contributed by atoms with Crippen LogP contribution in [0.3, 0.4) is 0 Å². The Hall–Kier alpha value is -7.63. The number of benzene rings is 9. The van der Waals surface area contributed by atoms with Crippen LogP contribution >= 0.6 is 0 Å². The first-order valence-electron chi connectivity index (χ1n) is 18.9. The number of fused-ring (bicyclic) bond motifs is 8. The van der Waals surface area contributed by atoms with Crippen LogP contribution in [-0.4, -0.2) is 15.0 Å². The van der Waals surface area contributed by atoms with E-state index in [9.17, 15) is 0 Å². The lowest BCUT2D eigenvalue weighted by Gasteiger charge is -2.35. The molecule has 1 aliphatic rings. The SMILES string of the molecule is c1ccc(-c2nc(-c3ccc4oc5ccccc5c4c3)nc(-c3cc(N4c5c(ccc6ccccc56)-c5cccc6cccc4c56)cc4ccccc34)n2)cc1. The molecule has 2 aromatic heterocycles. The van der Waals surface area contributed by atoms with Crippen molar-refractivity contribution in [2.75, 3.05) is 4.90 Å². The van der Waals surface area contributed by atoms with E-state index in [0.29, 0.717) is 17.5 Å². The van der Waals surface area contributed by atoms with E-state index in [0.717, 1.165) is 66.5 Å². The summed E-state index contributed by atoms with van der Waals surface area (Å²) in [4.78, 5) is 18.1. The van der Waals surface area contributed by atoms with E-state index in [2.05, 4.69) is 138 Å². The zero-order valence-electron chi connectivity index (χ0n) is 30.0. The van der Waals surface area contributed by atoms with Gasteiger partial charge in [0.05, 0.1) is 11.4 Å². The van der Waals surface area contributed by atoms with Gasteiger partial charge in [0.2, 0.25) is 0 Å². The molecule has 0 amide bonds. The quantitative estimate of drug-likeness (QED) is 0.182. The van der Waals surface area contributed by atoms with Crippen molar-refractivity contribution in [1.82, 2.24) is 15.0 Å². The van der Waals surface area contributed by atoms with Crippen LogP contribution in [0.25, 0.3) is 99.5 Å². The smallest absolute Gasteiger partial charge is 0.164 e. The van der Waals surface area contributed by atoms with Crippen molar-refractivity contribution in [2.24, 2.45) is 0 Å². The molecule has 5 heteroatoms. The third-order valence-electron chi connectivity index (χ3n) is 11.2. The van der Waals surface area contributed by atoms with Gasteiger partial charge in [0.25, 0.3) is 0 Å². The monoisotopic (exact) mass is 714 g/mol. The topological polar surface area (TPSA) is 55.1 Å². The van der Waals surface area contributed by atoms with Gasteiger partial charge in [-0.2, -0.15) is 0 Å². The zero-order chi connectivity index (χ0) is 36.7. The minimum atomic E-state index is 0.600. The van der Waals surface area contributed by atoms with Crippen molar-refractivity contribution in [1.29, 1.82) is 0 Å². The number of hydrogen-bond donors (Lipinski definition) is 0. The molecular formula is C51H30N4O. The molecule has 0 fully saturated rings. The molecule has 0 atom stereocenters. The second kappa shape index (κ2) is 11.9. The lowest BCUT2D eigenvalue weighted by Crippen LogP contribution is -2.16. The van der Waals surface area contributed by atoms with Gasteiger partial charge in [-0.15, -0.1) is 0 Å². The average Bonchev–Trinajstić information content (AvgIpc) is 3.64. The Morgan fingerprint density at radius 1 is 0.375 bits per heavy atom. The van der Waals surface area contributed by atoms with E-state index < -0.39 is 0 Å². The molecule has 260 valence electrons.